The number of methoxy groups -OCH3 is 1. The molecule has 1 atom stereocenters. The number of nitrogens with zero attached hydrogens (tertiary/aromatic N) is 1. The van der Waals surface area contributed by atoms with Gasteiger partial charge in [0.1, 0.15) is 11.3 Å². The van der Waals surface area contributed by atoms with Crippen LogP contribution in [0, 0.1) is 0 Å². The number of nitrogens with two attached hydrogens (primary N) is 1. The van der Waals surface area contributed by atoms with Crippen molar-refractivity contribution < 1.29 is 9.15 Å². The number of hydrogen-bond donors (Lipinski definition) is 1. The van der Waals surface area contributed by atoms with Crippen LogP contribution in [0.4, 0.5) is 0 Å². The summed E-state index contributed by atoms with van der Waals surface area (Å²) in [6.45, 7) is 1.94. The minimum Gasteiger partial charge on any atom is -0.496 e. The highest BCUT2D eigenvalue weighted by molar-refractivity contribution is 7.99. The lowest BCUT2D eigenvalue weighted by Gasteiger charge is -2.15. The Morgan fingerprint density at radius 2 is 2.00 bits per heavy atom. The second kappa shape index (κ2) is 5.79. The highest BCUT2D eigenvalue weighted by atomic mass is 32.2. The minimum atomic E-state index is -0.131. The fraction of sp³-hybridized carbons (Fsp3) is 0.188. The van der Waals surface area contributed by atoms with E-state index in [1.165, 1.54) is 11.8 Å². The van der Waals surface area contributed by atoms with Gasteiger partial charge in [0.25, 0.3) is 5.22 Å². The topological polar surface area (TPSA) is 61.3 Å². The van der Waals surface area contributed by atoms with Gasteiger partial charge < -0.3 is 14.9 Å². The molecule has 0 aliphatic heterocycles. The van der Waals surface area contributed by atoms with Crippen LogP contribution in [0.15, 0.2) is 57.0 Å². The first-order chi connectivity index (χ1) is 10.2. The third-order valence-electron chi connectivity index (χ3n) is 3.17. The molecule has 1 unspecified atom stereocenters. The van der Waals surface area contributed by atoms with Crippen LogP contribution < -0.4 is 10.5 Å². The van der Waals surface area contributed by atoms with Crippen LogP contribution in [0.3, 0.4) is 0 Å². The number of rotatable bonds is 4. The number of para-hydroxylation sites is 2. The molecule has 1 aromatic heterocycles. The Balaban J connectivity index is 2.01. The molecule has 0 aliphatic carbocycles. The van der Waals surface area contributed by atoms with Crippen molar-refractivity contribution in [2.24, 2.45) is 5.73 Å². The fourth-order valence-electron chi connectivity index (χ4n) is 2.23. The molecule has 0 amide bonds. The normalized spacial score (nSPS) is 12.5. The Labute approximate surface area is 127 Å². The van der Waals surface area contributed by atoms with E-state index in [2.05, 4.69) is 4.98 Å². The summed E-state index contributed by atoms with van der Waals surface area (Å²) in [5.41, 5.74) is 8.68. The Morgan fingerprint density at radius 3 is 2.71 bits per heavy atom. The predicted molar refractivity (Wildman–Crippen MR) is 83.7 cm³/mol. The second-order valence-corrected chi connectivity index (χ2v) is 5.70. The molecular weight excluding hydrogens is 284 g/mol. The summed E-state index contributed by atoms with van der Waals surface area (Å²) in [6, 6.07) is 13.4. The van der Waals surface area contributed by atoms with Gasteiger partial charge in [-0.25, -0.2) is 4.98 Å². The highest BCUT2D eigenvalue weighted by Gasteiger charge is 2.16. The van der Waals surface area contributed by atoms with Gasteiger partial charge in [-0.1, -0.05) is 18.2 Å². The summed E-state index contributed by atoms with van der Waals surface area (Å²) in [5, 5.41) is 0.603. The van der Waals surface area contributed by atoms with Crippen molar-refractivity contribution in [3.63, 3.8) is 0 Å². The summed E-state index contributed by atoms with van der Waals surface area (Å²) >= 11 is 1.46. The summed E-state index contributed by atoms with van der Waals surface area (Å²) in [4.78, 5) is 5.47. The molecule has 5 heteroatoms. The SMILES string of the molecule is COc1cccc(Sc2nc3ccccc3o2)c1C(C)N. The average molecular weight is 300 g/mol. The van der Waals surface area contributed by atoms with E-state index < -0.39 is 0 Å². The molecule has 2 N–H and O–H groups in total. The van der Waals surface area contributed by atoms with Gasteiger partial charge in [0, 0.05) is 16.5 Å². The molecule has 4 nitrogen and oxygen atoms in total. The van der Waals surface area contributed by atoms with E-state index in [-0.39, 0.29) is 6.04 Å². The molecule has 0 saturated heterocycles. The van der Waals surface area contributed by atoms with Crippen molar-refractivity contribution in [2.75, 3.05) is 7.11 Å². The van der Waals surface area contributed by atoms with Gasteiger partial charge in [-0.2, -0.15) is 0 Å². The Morgan fingerprint density at radius 1 is 1.19 bits per heavy atom. The summed E-state index contributed by atoms with van der Waals surface area (Å²) in [5.74, 6) is 0.783. The van der Waals surface area contributed by atoms with Crippen molar-refractivity contribution in [3.05, 3.63) is 48.0 Å². The van der Waals surface area contributed by atoms with Crippen LogP contribution >= 0.6 is 11.8 Å². The van der Waals surface area contributed by atoms with Crippen molar-refractivity contribution in [1.29, 1.82) is 0 Å². The maximum Gasteiger partial charge on any atom is 0.261 e. The molecule has 108 valence electrons. The van der Waals surface area contributed by atoms with Crippen LogP contribution in [-0.2, 0) is 0 Å². The van der Waals surface area contributed by atoms with E-state index in [9.17, 15) is 0 Å². The van der Waals surface area contributed by atoms with Crippen molar-refractivity contribution >= 4 is 22.9 Å². The summed E-state index contributed by atoms with van der Waals surface area (Å²) < 4.78 is 11.2. The smallest absolute Gasteiger partial charge is 0.261 e. The quantitative estimate of drug-likeness (QED) is 0.789. The summed E-state index contributed by atoms with van der Waals surface area (Å²) in [7, 11) is 1.65. The van der Waals surface area contributed by atoms with Crippen LogP contribution in [-0.4, -0.2) is 12.1 Å². The Hall–Kier alpha value is -1.98. The van der Waals surface area contributed by atoms with Gasteiger partial charge in [-0.05, 0) is 43.0 Å². The molecule has 0 saturated carbocycles. The predicted octanol–water partition coefficient (Wildman–Crippen LogP) is 4.01. The molecule has 3 aromatic rings. The first-order valence-corrected chi connectivity index (χ1v) is 7.46. The first-order valence-electron chi connectivity index (χ1n) is 6.65. The van der Waals surface area contributed by atoms with Crippen molar-refractivity contribution in [1.82, 2.24) is 4.98 Å². The average Bonchev–Trinajstić information content (AvgIpc) is 2.88. The zero-order valence-electron chi connectivity index (χ0n) is 11.9. The minimum absolute atomic E-state index is 0.131. The molecule has 2 aromatic carbocycles. The highest BCUT2D eigenvalue weighted by Crippen LogP contribution is 2.38. The lowest BCUT2D eigenvalue weighted by Crippen LogP contribution is -2.08. The zero-order chi connectivity index (χ0) is 14.8. The Bertz CT molecular complexity index is 735. The van der Waals surface area contributed by atoms with E-state index in [1.807, 2.05) is 49.4 Å². The second-order valence-electron chi connectivity index (χ2n) is 4.71. The van der Waals surface area contributed by atoms with Gasteiger partial charge in [0.05, 0.1) is 7.11 Å². The van der Waals surface area contributed by atoms with Crippen molar-refractivity contribution in [2.45, 2.75) is 23.1 Å². The third-order valence-corrected chi connectivity index (χ3v) is 4.10. The number of benzene rings is 2. The number of hydrogen-bond acceptors (Lipinski definition) is 5. The molecule has 0 radical (unpaired) electrons. The van der Waals surface area contributed by atoms with Crippen LogP contribution in [0.1, 0.15) is 18.5 Å². The van der Waals surface area contributed by atoms with Crippen molar-refractivity contribution in [3.8, 4) is 5.75 Å². The van der Waals surface area contributed by atoms with Crippen LogP contribution in [0.25, 0.3) is 11.1 Å². The molecule has 0 bridgehead atoms. The van der Waals surface area contributed by atoms with E-state index >= 15 is 0 Å². The van der Waals surface area contributed by atoms with E-state index in [1.54, 1.807) is 7.11 Å². The maximum atomic E-state index is 6.08. The lowest BCUT2D eigenvalue weighted by atomic mass is 10.1. The molecule has 1 heterocycles. The first kappa shape index (κ1) is 14.0. The molecule has 3 rings (SSSR count). The maximum absolute atomic E-state index is 6.08. The molecule has 0 spiro atoms. The molecular formula is C16H16N2O2S. The van der Waals surface area contributed by atoms with Gasteiger partial charge in [-0.15, -0.1) is 0 Å². The monoisotopic (exact) mass is 300 g/mol. The van der Waals surface area contributed by atoms with Crippen LogP contribution in [0.2, 0.25) is 0 Å². The standard InChI is InChI=1S/C16H16N2O2S/c1-10(17)15-13(19-2)8-5-9-14(15)21-16-18-11-6-3-4-7-12(11)20-16/h3-10H,17H2,1-2H3. The van der Waals surface area contributed by atoms with Gasteiger partial charge in [0.2, 0.25) is 0 Å². The van der Waals surface area contributed by atoms with E-state index in [0.29, 0.717) is 5.22 Å². The van der Waals surface area contributed by atoms with Crippen LogP contribution in [0.5, 0.6) is 5.75 Å². The molecule has 0 aliphatic rings. The van der Waals surface area contributed by atoms with Gasteiger partial charge >= 0.3 is 0 Å². The molecule has 0 fully saturated rings. The number of ether oxygens (including phenoxy) is 1. The number of fused-ring (bicyclic) bond motifs is 1. The van der Waals surface area contributed by atoms with Gasteiger partial charge in [-0.3, -0.25) is 0 Å². The fourth-order valence-corrected chi connectivity index (χ4v) is 3.24. The third kappa shape index (κ3) is 2.75. The van der Waals surface area contributed by atoms with E-state index in [4.69, 9.17) is 14.9 Å². The number of aromatic nitrogens is 1. The summed E-state index contributed by atoms with van der Waals surface area (Å²) in [6.07, 6.45) is 0. The lowest BCUT2D eigenvalue weighted by molar-refractivity contribution is 0.405. The van der Waals surface area contributed by atoms with Gasteiger partial charge in [0.15, 0.2) is 5.58 Å². The zero-order valence-corrected chi connectivity index (χ0v) is 12.7. The number of oxazole rings is 1. The largest absolute Gasteiger partial charge is 0.496 e. The molecule has 21 heavy (non-hydrogen) atoms. The van der Waals surface area contributed by atoms with E-state index in [0.717, 1.165) is 27.3 Å². The Kier molecular flexibility index (Phi) is 3.86.